The maximum absolute atomic E-state index is 11.9. The van der Waals surface area contributed by atoms with Gasteiger partial charge >= 0.3 is 5.97 Å². The van der Waals surface area contributed by atoms with E-state index in [-0.39, 0.29) is 12.0 Å². The summed E-state index contributed by atoms with van der Waals surface area (Å²) in [5.74, 6) is -2.33. The highest BCUT2D eigenvalue weighted by Crippen LogP contribution is 2.17. The quantitative estimate of drug-likeness (QED) is 0.842. The van der Waals surface area contributed by atoms with E-state index in [1.54, 1.807) is 4.90 Å². The summed E-state index contributed by atoms with van der Waals surface area (Å²) >= 11 is 0. The van der Waals surface area contributed by atoms with E-state index < -0.39 is 11.9 Å². The van der Waals surface area contributed by atoms with Gasteiger partial charge in [-0.2, -0.15) is 0 Å². The first kappa shape index (κ1) is 15.5. The van der Waals surface area contributed by atoms with Crippen molar-refractivity contribution in [2.45, 2.75) is 32.5 Å². The van der Waals surface area contributed by atoms with E-state index in [1.807, 2.05) is 30.3 Å². The van der Waals surface area contributed by atoms with Gasteiger partial charge in [0.25, 0.3) is 0 Å². The van der Waals surface area contributed by atoms with E-state index in [1.165, 1.54) is 6.92 Å². The first-order valence-electron chi connectivity index (χ1n) is 7.25. The number of piperidine rings is 1. The van der Waals surface area contributed by atoms with Crippen LogP contribution in [0.3, 0.4) is 0 Å². The largest absolute Gasteiger partial charge is 0.481 e. The minimum absolute atomic E-state index is 0.134. The Balaban J connectivity index is 1.76. The third-order valence-corrected chi connectivity index (χ3v) is 3.82. The molecular formula is C16H21NO4. The van der Waals surface area contributed by atoms with Crippen LogP contribution in [-0.4, -0.2) is 41.1 Å². The number of carbonyl (C=O) groups is 2. The molecule has 114 valence electrons. The molecule has 1 fully saturated rings. The van der Waals surface area contributed by atoms with Gasteiger partial charge in [-0.3, -0.25) is 9.59 Å². The second-order valence-electron chi connectivity index (χ2n) is 5.38. The highest BCUT2D eigenvalue weighted by atomic mass is 16.5. The van der Waals surface area contributed by atoms with Crippen LogP contribution < -0.4 is 0 Å². The molecule has 1 heterocycles. The van der Waals surface area contributed by atoms with Crippen LogP contribution in [0, 0.1) is 5.92 Å². The standard InChI is InChI=1S/C16H21NO4/c1-12(16(19)20)15(18)17-9-7-14(8-10-17)21-11-13-5-3-2-4-6-13/h2-6,12,14H,7-11H2,1H3,(H,19,20). The molecule has 0 saturated carbocycles. The van der Waals surface area contributed by atoms with Gasteiger partial charge in [0.1, 0.15) is 5.92 Å². The fraction of sp³-hybridized carbons (Fsp3) is 0.500. The number of amides is 1. The molecule has 5 heteroatoms. The molecule has 5 nitrogen and oxygen atoms in total. The second kappa shape index (κ2) is 7.22. The fourth-order valence-electron chi connectivity index (χ4n) is 2.41. The summed E-state index contributed by atoms with van der Waals surface area (Å²) in [4.78, 5) is 24.4. The van der Waals surface area contributed by atoms with Crippen LogP contribution in [0.4, 0.5) is 0 Å². The predicted octanol–water partition coefficient (Wildman–Crippen LogP) is 1.91. The monoisotopic (exact) mass is 291 g/mol. The van der Waals surface area contributed by atoms with Crippen molar-refractivity contribution in [3.05, 3.63) is 35.9 Å². The normalized spacial score (nSPS) is 17.5. The van der Waals surface area contributed by atoms with Crippen LogP contribution in [0.15, 0.2) is 30.3 Å². The van der Waals surface area contributed by atoms with Gasteiger partial charge in [-0.05, 0) is 25.3 Å². The Bertz CT molecular complexity index is 480. The van der Waals surface area contributed by atoms with Crippen LogP contribution in [0.1, 0.15) is 25.3 Å². The van der Waals surface area contributed by atoms with Gasteiger partial charge < -0.3 is 14.7 Å². The van der Waals surface area contributed by atoms with Crippen LogP contribution in [-0.2, 0) is 20.9 Å². The van der Waals surface area contributed by atoms with Gasteiger partial charge in [0.15, 0.2) is 0 Å². The molecule has 0 aromatic heterocycles. The molecule has 0 bridgehead atoms. The van der Waals surface area contributed by atoms with Gasteiger partial charge in [-0.25, -0.2) is 0 Å². The van der Waals surface area contributed by atoms with E-state index in [4.69, 9.17) is 9.84 Å². The first-order chi connectivity index (χ1) is 10.1. The summed E-state index contributed by atoms with van der Waals surface area (Å²) < 4.78 is 5.85. The molecule has 1 aliphatic rings. The van der Waals surface area contributed by atoms with Crippen LogP contribution in [0.25, 0.3) is 0 Å². The average molecular weight is 291 g/mol. The van der Waals surface area contributed by atoms with Crippen molar-refractivity contribution in [1.29, 1.82) is 0 Å². The Kier molecular flexibility index (Phi) is 5.33. The van der Waals surface area contributed by atoms with E-state index in [0.29, 0.717) is 19.7 Å². The van der Waals surface area contributed by atoms with Crippen molar-refractivity contribution < 1.29 is 19.4 Å². The first-order valence-corrected chi connectivity index (χ1v) is 7.25. The number of hydrogen-bond donors (Lipinski definition) is 1. The number of hydrogen-bond acceptors (Lipinski definition) is 3. The number of benzene rings is 1. The summed E-state index contributed by atoms with van der Waals surface area (Å²) in [5.41, 5.74) is 1.13. The zero-order chi connectivity index (χ0) is 15.2. The lowest BCUT2D eigenvalue weighted by Crippen LogP contribution is -2.44. The fourth-order valence-corrected chi connectivity index (χ4v) is 2.41. The third-order valence-electron chi connectivity index (χ3n) is 3.82. The number of rotatable bonds is 5. The summed E-state index contributed by atoms with van der Waals surface area (Å²) in [7, 11) is 0. The van der Waals surface area contributed by atoms with E-state index in [0.717, 1.165) is 18.4 Å². The summed E-state index contributed by atoms with van der Waals surface area (Å²) in [6.07, 6.45) is 1.64. The number of aliphatic carboxylic acids is 1. The minimum atomic E-state index is -1.07. The molecule has 0 spiro atoms. The molecule has 1 atom stereocenters. The highest BCUT2D eigenvalue weighted by molar-refractivity contribution is 5.96. The molecule has 21 heavy (non-hydrogen) atoms. The van der Waals surface area contributed by atoms with Gasteiger partial charge in [0.05, 0.1) is 12.7 Å². The molecule has 1 N–H and O–H groups in total. The number of carboxylic acids is 1. The number of carbonyl (C=O) groups excluding carboxylic acids is 1. The maximum Gasteiger partial charge on any atom is 0.315 e. The predicted molar refractivity (Wildman–Crippen MR) is 77.6 cm³/mol. The van der Waals surface area contributed by atoms with E-state index in [2.05, 4.69) is 0 Å². The summed E-state index contributed by atoms with van der Waals surface area (Å²) in [6, 6.07) is 9.97. The molecule has 1 amide bonds. The maximum atomic E-state index is 11.9. The van der Waals surface area contributed by atoms with Crippen molar-refractivity contribution in [1.82, 2.24) is 4.90 Å². The Morgan fingerprint density at radius 2 is 1.90 bits per heavy atom. The van der Waals surface area contributed by atoms with Crippen molar-refractivity contribution in [3.8, 4) is 0 Å². The van der Waals surface area contributed by atoms with Crippen molar-refractivity contribution in [2.24, 2.45) is 5.92 Å². The van der Waals surface area contributed by atoms with E-state index in [9.17, 15) is 9.59 Å². The summed E-state index contributed by atoms with van der Waals surface area (Å²) in [6.45, 7) is 3.14. The lowest BCUT2D eigenvalue weighted by Gasteiger charge is -2.32. The number of ether oxygens (including phenoxy) is 1. The molecule has 1 aliphatic heterocycles. The zero-order valence-electron chi connectivity index (χ0n) is 12.2. The van der Waals surface area contributed by atoms with E-state index >= 15 is 0 Å². The minimum Gasteiger partial charge on any atom is -0.481 e. The van der Waals surface area contributed by atoms with Crippen molar-refractivity contribution in [2.75, 3.05) is 13.1 Å². The lowest BCUT2D eigenvalue weighted by molar-refractivity contribution is -0.151. The van der Waals surface area contributed by atoms with Gasteiger partial charge in [-0.1, -0.05) is 30.3 Å². The molecule has 1 aromatic rings. The molecule has 1 aromatic carbocycles. The van der Waals surface area contributed by atoms with Crippen LogP contribution >= 0.6 is 0 Å². The second-order valence-corrected chi connectivity index (χ2v) is 5.38. The number of carboxylic acid groups (broad SMARTS) is 1. The average Bonchev–Trinajstić information content (AvgIpc) is 2.53. The van der Waals surface area contributed by atoms with Gasteiger partial charge in [-0.15, -0.1) is 0 Å². The molecule has 1 saturated heterocycles. The third kappa shape index (κ3) is 4.29. The zero-order valence-corrected chi connectivity index (χ0v) is 12.2. The van der Waals surface area contributed by atoms with Gasteiger partial charge in [0, 0.05) is 13.1 Å². The van der Waals surface area contributed by atoms with Crippen molar-refractivity contribution in [3.63, 3.8) is 0 Å². The topological polar surface area (TPSA) is 66.8 Å². The molecular weight excluding hydrogens is 270 g/mol. The van der Waals surface area contributed by atoms with Crippen LogP contribution in [0.2, 0.25) is 0 Å². The van der Waals surface area contributed by atoms with Crippen LogP contribution in [0.5, 0.6) is 0 Å². The van der Waals surface area contributed by atoms with Gasteiger partial charge in [0.2, 0.25) is 5.91 Å². The molecule has 0 aliphatic carbocycles. The lowest BCUT2D eigenvalue weighted by atomic mass is 10.0. The Labute approximate surface area is 124 Å². The molecule has 1 unspecified atom stereocenters. The number of likely N-dealkylation sites (tertiary alicyclic amines) is 1. The number of nitrogens with zero attached hydrogens (tertiary/aromatic N) is 1. The Morgan fingerprint density at radius 1 is 1.29 bits per heavy atom. The smallest absolute Gasteiger partial charge is 0.315 e. The Hall–Kier alpha value is -1.88. The molecule has 2 rings (SSSR count). The highest BCUT2D eigenvalue weighted by Gasteiger charge is 2.29. The summed E-state index contributed by atoms with van der Waals surface area (Å²) in [5, 5.41) is 8.87. The van der Waals surface area contributed by atoms with Crippen molar-refractivity contribution >= 4 is 11.9 Å². The SMILES string of the molecule is CC(C(=O)O)C(=O)N1CCC(OCc2ccccc2)CC1. The molecule has 0 radical (unpaired) electrons. The Morgan fingerprint density at radius 3 is 2.48 bits per heavy atom.